The summed E-state index contributed by atoms with van der Waals surface area (Å²) < 4.78 is 19.4. The predicted molar refractivity (Wildman–Crippen MR) is 79.3 cm³/mol. The van der Waals surface area contributed by atoms with Gasteiger partial charge < -0.3 is 14.4 Å². The Morgan fingerprint density at radius 3 is 2.74 bits per heavy atom. The van der Waals surface area contributed by atoms with E-state index < -0.39 is 11.9 Å². The molecule has 122 valence electrons. The van der Waals surface area contributed by atoms with Crippen LogP contribution >= 0.6 is 0 Å². The van der Waals surface area contributed by atoms with Crippen molar-refractivity contribution in [3.63, 3.8) is 0 Å². The molecule has 23 heavy (non-hydrogen) atoms. The number of carbonyl (C=O) groups is 1. The third kappa shape index (κ3) is 3.48. The van der Waals surface area contributed by atoms with Crippen molar-refractivity contribution in [2.24, 2.45) is 0 Å². The minimum absolute atomic E-state index is 0.158. The zero-order chi connectivity index (χ0) is 16.4. The summed E-state index contributed by atoms with van der Waals surface area (Å²) in [5, 5.41) is 16.8. The van der Waals surface area contributed by atoms with E-state index in [0.717, 1.165) is 5.56 Å². The summed E-state index contributed by atoms with van der Waals surface area (Å²) in [6.45, 7) is 4.38. The second kappa shape index (κ2) is 6.33. The molecule has 7 nitrogen and oxygen atoms in total. The lowest BCUT2D eigenvalue weighted by atomic mass is 10.1. The minimum atomic E-state index is -0.903. The molecule has 0 spiro atoms. The average Bonchev–Trinajstić information content (AvgIpc) is 2.98. The largest absolute Gasteiger partial charge is 0.465 e. The van der Waals surface area contributed by atoms with Crippen molar-refractivity contribution in [1.29, 1.82) is 0 Å². The molecule has 2 heterocycles. The SMILES string of the molecule is Cc1ccc(F)c(-c2nnc(CN3CCN(C(=O)O)CC3)o2)c1. The van der Waals surface area contributed by atoms with Crippen LogP contribution in [0.3, 0.4) is 0 Å². The fourth-order valence-electron chi connectivity index (χ4n) is 2.52. The summed E-state index contributed by atoms with van der Waals surface area (Å²) >= 11 is 0. The molecule has 1 saturated heterocycles. The van der Waals surface area contributed by atoms with Crippen LogP contribution in [0.15, 0.2) is 22.6 Å². The van der Waals surface area contributed by atoms with E-state index in [1.165, 1.54) is 11.0 Å². The summed E-state index contributed by atoms with van der Waals surface area (Å²) in [4.78, 5) is 14.3. The molecule has 2 aromatic rings. The summed E-state index contributed by atoms with van der Waals surface area (Å²) in [7, 11) is 0. The van der Waals surface area contributed by atoms with Crippen LogP contribution in [0.1, 0.15) is 11.5 Å². The van der Waals surface area contributed by atoms with Gasteiger partial charge in [0.2, 0.25) is 5.89 Å². The van der Waals surface area contributed by atoms with Gasteiger partial charge in [0.15, 0.2) is 0 Å². The number of hydrogen-bond donors (Lipinski definition) is 1. The van der Waals surface area contributed by atoms with Crippen LogP contribution in [0.4, 0.5) is 9.18 Å². The van der Waals surface area contributed by atoms with Crippen LogP contribution in [0.2, 0.25) is 0 Å². The smallest absolute Gasteiger partial charge is 0.407 e. The van der Waals surface area contributed by atoms with Crippen molar-refractivity contribution in [2.45, 2.75) is 13.5 Å². The molecule has 1 amide bonds. The molecule has 0 aliphatic carbocycles. The number of piperazine rings is 1. The molecule has 8 heteroatoms. The first-order valence-corrected chi connectivity index (χ1v) is 7.32. The summed E-state index contributed by atoms with van der Waals surface area (Å²) in [6.07, 6.45) is -0.903. The Morgan fingerprint density at radius 2 is 2.04 bits per heavy atom. The highest BCUT2D eigenvalue weighted by Gasteiger charge is 2.22. The van der Waals surface area contributed by atoms with Crippen LogP contribution in [-0.2, 0) is 6.54 Å². The minimum Gasteiger partial charge on any atom is -0.465 e. The van der Waals surface area contributed by atoms with Crippen LogP contribution in [0, 0.1) is 12.7 Å². The average molecular weight is 320 g/mol. The van der Waals surface area contributed by atoms with Gasteiger partial charge in [-0.1, -0.05) is 11.6 Å². The fourth-order valence-corrected chi connectivity index (χ4v) is 2.52. The number of halogens is 1. The monoisotopic (exact) mass is 320 g/mol. The molecule has 3 rings (SSSR count). The van der Waals surface area contributed by atoms with Crippen molar-refractivity contribution in [1.82, 2.24) is 20.0 Å². The number of rotatable bonds is 3. The summed E-state index contributed by atoms with van der Waals surface area (Å²) in [5.41, 5.74) is 1.20. The van der Waals surface area contributed by atoms with Gasteiger partial charge in [0.05, 0.1) is 12.1 Å². The molecule has 0 unspecified atom stereocenters. The van der Waals surface area contributed by atoms with Gasteiger partial charge in [-0.25, -0.2) is 9.18 Å². The van der Waals surface area contributed by atoms with Gasteiger partial charge in [0.25, 0.3) is 5.89 Å². The molecule has 0 atom stereocenters. The van der Waals surface area contributed by atoms with Gasteiger partial charge in [0, 0.05) is 26.2 Å². The predicted octanol–water partition coefficient (Wildman–Crippen LogP) is 1.98. The second-order valence-corrected chi connectivity index (χ2v) is 5.53. The number of nitrogens with zero attached hydrogens (tertiary/aromatic N) is 4. The first kappa shape index (κ1) is 15.4. The molecule has 1 aromatic heterocycles. The molecule has 1 fully saturated rings. The lowest BCUT2D eigenvalue weighted by Gasteiger charge is -2.32. The van der Waals surface area contributed by atoms with E-state index in [1.54, 1.807) is 12.1 Å². The Hall–Kier alpha value is -2.48. The van der Waals surface area contributed by atoms with Gasteiger partial charge >= 0.3 is 6.09 Å². The van der Waals surface area contributed by atoms with E-state index in [4.69, 9.17) is 9.52 Å². The van der Waals surface area contributed by atoms with E-state index in [2.05, 4.69) is 10.2 Å². The first-order chi connectivity index (χ1) is 11.0. The molecule has 0 saturated carbocycles. The topological polar surface area (TPSA) is 82.7 Å². The highest BCUT2D eigenvalue weighted by molar-refractivity contribution is 5.65. The van der Waals surface area contributed by atoms with Crippen molar-refractivity contribution in [3.05, 3.63) is 35.5 Å². The first-order valence-electron chi connectivity index (χ1n) is 7.32. The van der Waals surface area contributed by atoms with Gasteiger partial charge in [-0.15, -0.1) is 10.2 Å². The number of benzene rings is 1. The molecular formula is C15H17FN4O3. The number of hydrogen-bond acceptors (Lipinski definition) is 5. The van der Waals surface area contributed by atoms with E-state index in [9.17, 15) is 9.18 Å². The quantitative estimate of drug-likeness (QED) is 0.931. The Kier molecular flexibility index (Phi) is 4.24. The van der Waals surface area contributed by atoms with Crippen molar-refractivity contribution in [3.8, 4) is 11.5 Å². The maximum absolute atomic E-state index is 13.8. The number of aryl methyl sites for hydroxylation is 1. The Morgan fingerprint density at radius 1 is 1.30 bits per heavy atom. The van der Waals surface area contributed by atoms with E-state index in [-0.39, 0.29) is 5.89 Å². The summed E-state index contributed by atoms with van der Waals surface area (Å²) in [5.74, 6) is 0.149. The molecule has 1 N–H and O–H groups in total. The van der Waals surface area contributed by atoms with Crippen LogP contribution in [-0.4, -0.2) is 57.4 Å². The van der Waals surface area contributed by atoms with Crippen molar-refractivity contribution in [2.75, 3.05) is 26.2 Å². The fraction of sp³-hybridized carbons (Fsp3) is 0.400. The maximum Gasteiger partial charge on any atom is 0.407 e. The standard InChI is InChI=1S/C15H17FN4O3/c1-10-2-3-12(16)11(8-10)14-18-17-13(23-14)9-19-4-6-20(7-5-19)15(21)22/h2-3,8H,4-7,9H2,1H3,(H,21,22). The Balaban J connectivity index is 1.66. The second-order valence-electron chi connectivity index (χ2n) is 5.53. The van der Waals surface area contributed by atoms with E-state index >= 15 is 0 Å². The molecule has 1 aliphatic rings. The van der Waals surface area contributed by atoms with Crippen molar-refractivity contribution >= 4 is 6.09 Å². The highest BCUT2D eigenvalue weighted by atomic mass is 19.1. The van der Waals surface area contributed by atoms with Gasteiger partial charge in [-0.2, -0.15) is 0 Å². The third-order valence-corrected chi connectivity index (χ3v) is 3.82. The Labute approximate surface area is 132 Å². The number of amides is 1. The van der Waals surface area contributed by atoms with Crippen LogP contribution < -0.4 is 0 Å². The van der Waals surface area contributed by atoms with E-state index in [1.807, 2.05) is 11.8 Å². The number of carboxylic acid groups (broad SMARTS) is 1. The highest BCUT2D eigenvalue weighted by Crippen LogP contribution is 2.23. The number of aromatic nitrogens is 2. The third-order valence-electron chi connectivity index (χ3n) is 3.82. The normalized spacial score (nSPS) is 15.8. The zero-order valence-corrected chi connectivity index (χ0v) is 12.7. The maximum atomic E-state index is 13.8. The Bertz CT molecular complexity index is 710. The molecule has 0 bridgehead atoms. The lowest BCUT2D eigenvalue weighted by molar-refractivity contribution is 0.0991. The molecule has 0 radical (unpaired) electrons. The summed E-state index contributed by atoms with van der Waals surface area (Å²) in [6, 6.07) is 4.72. The van der Waals surface area contributed by atoms with Gasteiger partial charge in [-0.3, -0.25) is 4.90 Å². The molecule has 1 aliphatic heterocycles. The van der Waals surface area contributed by atoms with Crippen LogP contribution in [0.5, 0.6) is 0 Å². The lowest BCUT2D eigenvalue weighted by Crippen LogP contribution is -2.47. The van der Waals surface area contributed by atoms with Gasteiger partial charge in [-0.05, 0) is 19.1 Å². The van der Waals surface area contributed by atoms with Crippen LogP contribution in [0.25, 0.3) is 11.5 Å². The van der Waals surface area contributed by atoms with Gasteiger partial charge in [0.1, 0.15) is 5.82 Å². The molecule has 1 aromatic carbocycles. The van der Waals surface area contributed by atoms with E-state index in [0.29, 0.717) is 44.2 Å². The zero-order valence-electron chi connectivity index (χ0n) is 12.7. The molecular weight excluding hydrogens is 303 g/mol. The van der Waals surface area contributed by atoms with Crippen molar-refractivity contribution < 1.29 is 18.7 Å².